The van der Waals surface area contributed by atoms with Gasteiger partial charge in [0, 0.05) is 19.6 Å². The molecule has 0 aliphatic heterocycles. The third-order valence-corrected chi connectivity index (χ3v) is 4.17. The lowest BCUT2D eigenvalue weighted by atomic mass is 10.3. The van der Waals surface area contributed by atoms with Crippen LogP contribution in [-0.2, 0) is 19.6 Å². The molecule has 0 bridgehead atoms. The van der Waals surface area contributed by atoms with Gasteiger partial charge in [0.25, 0.3) is 0 Å². The van der Waals surface area contributed by atoms with Crippen LogP contribution in [0.5, 0.6) is 5.75 Å². The van der Waals surface area contributed by atoms with Crippen molar-refractivity contribution >= 4 is 16.0 Å². The molecule has 0 saturated heterocycles. The molecule has 8 heteroatoms. The summed E-state index contributed by atoms with van der Waals surface area (Å²) in [5.74, 6) is -0.391. The molecule has 0 aromatic heterocycles. The summed E-state index contributed by atoms with van der Waals surface area (Å²) < 4.78 is 36.8. The largest absolute Gasteiger partial charge is 0.491 e. The Morgan fingerprint density at radius 2 is 1.91 bits per heavy atom. The number of ether oxygens (including phenoxy) is 2. The molecule has 0 atom stereocenters. The summed E-state index contributed by atoms with van der Waals surface area (Å²) in [5.41, 5.74) is 0. The molecule has 0 amide bonds. The van der Waals surface area contributed by atoms with E-state index in [1.54, 1.807) is 12.1 Å². The fraction of sp³-hybridized carbons (Fsp3) is 0.500. The van der Waals surface area contributed by atoms with Crippen LogP contribution in [0.25, 0.3) is 0 Å². The molecule has 0 fully saturated rings. The third kappa shape index (κ3) is 6.88. The maximum absolute atomic E-state index is 12.0. The van der Waals surface area contributed by atoms with E-state index >= 15 is 0 Å². The molecule has 0 heterocycles. The number of carbonyl (C=O) groups is 1. The van der Waals surface area contributed by atoms with Crippen molar-refractivity contribution in [2.45, 2.75) is 24.7 Å². The van der Waals surface area contributed by atoms with E-state index in [1.165, 1.54) is 12.1 Å². The molecule has 0 aliphatic carbocycles. The van der Waals surface area contributed by atoms with Gasteiger partial charge in [0.05, 0.1) is 11.5 Å². The van der Waals surface area contributed by atoms with Gasteiger partial charge in [0.15, 0.2) is 0 Å². The number of carboxylic acids is 1. The molecule has 0 saturated carbocycles. The Hall–Kier alpha value is -1.64. The van der Waals surface area contributed by atoms with Crippen molar-refractivity contribution in [2.75, 3.05) is 26.4 Å². The second-order valence-corrected chi connectivity index (χ2v) is 6.18. The number of hydrogen-bond donors (Lipinski definition) is 2. The van der Waals surface area contributed by atoms with Crippen LogP contribution in [0, 0.1) is 0 Å². The van der Waals surface area contributed by atoms with Crippen molar-refractivity contribution in [3.8, 4) is 5.75 Å². The minimum Gasteiger partial charge on any atom is -0.491 e. The topological polar surface area (TPSA) is 102 Å². The molecular weight excluding hydrogens is 310 g/mol. The number of sulfonamides is 1. The van der Waals surface area contributed by atoms with Crippen LogP contribution in [0.2, 0.25) is 0 Å². The molecule has 7 nitrogen and oxygen atoms in total. The zero-order chi connectivity index (χ0) is 16.4. The van der Waals surface area contributed by atoms with Crippen molar-refractivity contribution in [2.24, 2.45) is 0 Å². The molecule has 1 rings (SSSR count). The molecule has 124 valence electrons. The van der Waals surface area contributed by atoms with E-state index in [0.717, 1.165) is 0 Å². The van der Waals surface area contributed by atoms with Gasteiger partial charge in [-0.05, 0) is 37.6 Å². The van der Waals surface area contributed by atoms with Gasteiger partial charge in [0.1, 0.15) is 12.4 Å². The number of carboxylic acid groups (broad SMARTS) is 1. The fourth-order valence-corrected chi connectivity index (χ4v) is 2.68. The Morgan fingerprint density at radius 1 is 1.23 bits per heavy atom. The van der Waals surface area contributed by atoms with Crippen LogP contribution in [0.1, 0.15) is 19.8 Å². The van der Waals surface area contributed by atoms with Crippen LogP contribution >= 0.6 is 0 Å². The summed E-state index contributed by atoms with van der Waals surface area (Å²) in [6, 6.07) is 6.01. The summed E-state index contributed by atoms with van der Waals surface area (Å²) >= 11 is 0. The summed E-state index contributed by atoms with van der Waals surface area (Å²) in [5, 5.41) is 8.49. The van der Waals surface area contributed by atoms with Crippen LogP contribution in [0.3, 0.4) is 0 Å². The number of hydrogen-bond acceptors (Lipinski definition) is 5. The van der Waals surface area contributed by atoms with Crippen LogP contribution in [0.4, 0.5) is 0 Å². The Bertz CT molecular complexity index is 555. The van der Waals surface area contributed by atoms with Gasteiger partial charge in [0.2, 0.25) is 10.0 Å². The highest BCUT2D eigenvalue weighted by atomic mass is 32.2. The third-order valence-electron chi connectivity index (χ3n) is 2.69. The van der Waals surface area contributed by atoms with Gasteiger partial charge in [-0.15, -0.1) is 0 Å². The Kier molecular flexibility index (Phi) is 7.86. The van der Waals surface area contributed by atoms with Crippen molar-refractivity contribution in [1.29, 1.82) is 0 Å². The maximum Gasteiger partial charge on any atom is 0.303 e. The average Bonchev–Trinajstić information content (AvgIpc) is 2.48. The number of nitrogens with one attached hydrogen (secondary N) is 1. The Balaban J connectivity index is 2.48. The normalized spacial score (nSPS) is 11.3. The van der Waals surface area contributed by atoms with Gasteiger partial charge in [-0.1, -0.05) is 0 Å². The second kappa shape index (κ2) is 9.39. The standard InChI is InChI=1S/C14H21NO6S/c1-2-20-10-11-21-12-5-7-13(8-6-12)22(18,19)15-9-3-4-14(16)17/h5-8,15H,2-4,9-11H2,1H3,(H,16,17). The average molecular weight is 331 g/mol. The molecule has 1 aromatic rings. The molecular formula is C14H21NO6S. The van der Waals surface area contributed by atoms with Crippen molar-refractivity contribution in [3.05, 3.63) is 24.3 Å². The highest BCUT2D eigenvalue weighted by Gasteiger charge is 2.13. The van der Waals surface area contributed by atoms with Gasteiger partial charge in [-0.25, -0.2) is 13.1 Å². The molecule has 0 aliphatic rings. The maximum atomic E-state index is 12.0. The summed E-state index contributed by atoms with van der Waals surface area (Å²) in [7, 11) is -3.63. The van der Waals surface area contributed by atoms with Gasteiger partial charge in [-0.2, -0.15) is 0 Å². The van der Waals surface area contributed by atoms with Crippen LogP contribution in [-0.4, -0.2) is 45.9 Å². The monoisotopic (exact) mass is 331 g/mol. The first kappa shape index (κ1) is 18.4. The predicted octanol–water partition coefficient (Wildman–Crippen LogP) is 1.24. The molecule has 0 radical (unpaired) electrons. The summed E-state index contributed by atoms with van der Waals surface area (Å²) in [4.78, 5) is 10.5. The lowest BCUT2D eigenvalue weighted by Gasteiger charge is -2.08. The van der Waals surface area contributed by atoms with E-state index < -0.39 is 16.0 Å². The quantitative estimate of drug-likeness (QED) is 0.592. The van der Waals surface area contributed by atoms with E-state index in [9.17, 15) is 13.2 Å². The molecule has 0 spiro atoms. The first-order valence-electron chi connectivity index (χ1n) is 6.98. The van der Waals surface area contributed by atoms with Gasteiger partial charge in [-0.3, -0.25) is 4.79 Å². The summed E-state index contributed by atoms with van der Waals surface area (Å²) in [6.45, 7) is 3.47. The SMILES string of the molecule is CCOCCOc1ccc(S(=O)(=O)NCCCC(=O)O)cc1. The Labute approximate surface area is 130 Å². The van der Waals surface area contributed by atoms with E-state index in [0.29, 0.717) is 25.6 Å². The van der Waals surface area contributed by atoms with Gasteiger partial charge < -0.3 is 14.6 Å². The van der Waals surface area contributed by atoms with Crippen molar-refractivity contribution in [3.63, 3.8) is 0 Å². The number of aliphatic carboxylic acids is 1. The van der Waals surface area contributed by atoms with E-state index in [-0.39, 0.29) is 24.3 Å². The lowest BCUT2D eigenvalue weighted by molar-refractivity contribution is -0.137. The predicted molar refractivity (Wildman–Crippen MR) is 80.5 cm³/mol. The van der Waals surface area contributed by atoms with E-state index in [1.807, 2.05) is 6.92 Å². The highest BCUT2D eigenvalue weighted by Crippen LogP contribution is 2.15. The van der Waals surface area contributed by atoms with Crippen molar-refractivity contribution in [1.82, 2.24) is 4.72 Å². The zero-order valence-electron chi connectivity index (χ0n) is 12.4. The van der Waals surface area contributed by atoms with Crippen molar-refractivity contribution < 1.29 is 27.8 Å². The zero-order valence-corrected chi connectivity index (χ0v) is 13.3. The molecule has 22 heavy (non-hydrogen) atoms. The lowest BCUT2D eigenvalue weighted by Crippen LogP contribution is -2.25. The first-order chi connectivity index (χ1) is 10.5. The summed E-state index contributed by atoms with van der Waals surface area (Å²) in [6.07, 6.45) is 0.169. The fourth-order valence-electron chi connectivity index (χ4n) is 1.61. The minimum atomic E-state index is -3.63. The molecule has 1 aromatic carbocycles. The number of rotatable bonds is 11. The Morgan fingerprint density at radius 3 is 2.50 bits per heavy atom. The van der Waals surface area contributed by atoms with E-state index in [4.69, 9.17) is 14.6 Å². The number of benzene rings is 1. The van der Waals surface area contributed by atoms with Gasteiger partial charge >= 0.3 is 5.97 Å². The van der Waals surface area contributed by atoms with E-state index in [2.05, 4.69) is 4.72 Å². The smallest absolute Gasteiger partial charge is 0.303 e. The van der Waals surface area contributed by atoms with Crippen LogP contribution < -0.4 is 9.46 Å². The minimum absolute atomic E-state index is 0.0743. The highest BCUT2D eigenvalue weighted by molar-refractivity contribution is 7.89. The van der Waals surface area contributed by atoms with Crippen LogP contribution in [0.15, 0.2) is 29.2 Å². The second-order valence-electron chi connectivity index (χ2n) is 4.41. The molecule has 2 N–H and O–H groups in total. The first-order valence-corrected chi connectivity index (χ1v) is 8.46. The molecule has 0 unspecified atom stereocenters.